The van der Waals surface area contributed by atoms with Crippen LogP contribution in [0.5, 0.6) is 0 Å². The predicted molar refractivity (Wildman–Crippen MR) is 89.0 cm³/mol. The molecule has 6 nitrogen and oxygen atoms in total. The molecule has 0 saturated carbocycles. The number of rotatable bonds is 6. The van der Waals surface area contributed by atoms with E-state index in [1.54, 1.807) is 12.1 Å². The Labute approximate surface area is 131 Å². The van der Waals surface area contributed by atoms with E-state index in [1.807, 2.05) is 6.07 Å². The number of aromatic nitrogens is 2. The van der Waals surface area contributed by atoms with Gasteiger partial charge in [-0.05, 0) is 36.1 Å². The standard InChI is InChI=1S/C15H20N4O2S/c1-4-11-7-6-8-12(5-2)15(11)16-13-9-10-14(18-17-13)19-22(3,20)21/h6-10H,4-5H2,1-3H3,(H,16,17)(H,18,19). The van der Waals surface area contributed by atoms with Crippen molar-refractivity contribution in [2.75, 3.05) is 16.3 Å². The molecule has 0 bridgehead atoms. The van der Waals surface area contributed by atoms with Crippen LogP contribution in [-0.4, -0.2) is 24.9 Å². The number of aryl methyl sites for hydroxylation is 2. The highest BCUT2D eigenvalue weighted by molar-refractivity contribution is 7.92. The fourth-order valence-electron chi connectivity index (χ4n) is 2.17. The Bertz CT molecular complexity index is 720. The molecule has 0 fully saturated rings. The second kappa shape index (κ2) is 6.74. The van der Waals surface area contributed by atoms with Crippen LogP contribution in [0.15, 0.2) is 30.3 Å². The first-order valence-electron chi connectivity index (χ1n) is 7.12. The first kappa shape index (κ1) is 16.2. The maximum Gasteiger partial charge on any atom is 0.231 e. The van der Waals surface area contributed by atoms with Gasteiger partial charge in [-0.2, -0.15) is 0 Å². The van der Waals surface area contributed by atoms with Crippen molar-refractivity contribution in [3.8, 4) is 0 Å². The number of hydrogen-bond acceptors (Lipinski definition) is 5. The van der Waals surface area contributed by atoms with Gasteiger partial charge < -0.3 is 5.32 Å². The zero-order valence-electron chi connectivity index (χ0n) is 12.9. The van der Waals surface area contributed by atoms with Crippen molar-refractivity contribution in [1.82, 2.24) is 10.2 Å². The predicted octanol–water partition coefficient (Wildman–Crippen LogP) is 2.72. The van der Waals surface area contributed by atoms with Gasteiger partial charge >= 0.3 is 0 Å². The van der Waals surface area contributed by atoms with E-state index in [9.17, 15) is 8.42 Å². The van der Waals surface area contributed by atoms with Crippen molar-refractivity contribution in [1.29, 1.82) is 0 Å². The van der Waals surface area contributed by atoms with Gasteiger partial charge in [0.25, 0.3) is 0 Å². The smallest absolute Gasteiger partial charge is 0.231 e. The molecule has 0 atom stereocenters. The number of para-hydroxylation sites is 1. The Kier molecular flexibility index (Phi) is 4.97. The van der Waals surface area contributed by atoms with Gasteiger partial charge in [0.1, 0.15) is 0 Å². The van der Waals surface area contributed by atoms with Crippen molar-refractivity contribution in [2.24, 2.45) is 0 Å². The number of anilines is 3. The molecular formula is C15H20N4O2S. The Morgan fingerprint density at radius 2 is 1.50 bits per heavy atom. The minimum Gasteiger partial charge on any atom is -0.338 e. The molecule has 0 aliphatic carbocycles. The molecule has 2 aromatic rings. The largest absolute Gasteiger partial charge is 0.338 e. The molecule has 22 heavy (non-hydrogen) atoms. The number of benzene rings is 1. The maximum absolute atomic E-state index is 11.1. The van der Waals surface area contributed by atoms with Gasteiger partial charge in [-0.15, -0.1) is 10.2 Å². The summed E-state index contributed by atoms with van der Waals surface area (Å²) in [7, 11) is -3.34. The molecule has 0 aliphatic rings. The van der Waals surface area contributed by atoms with Crippen molar-refractivity contribution in [3.63, 3.8) is 0 Å². The highest BCUT2D eigenvalue weighted by Crippen LogP contribution is 2.25. The lowest BCUT2D eigenvalue weighted by Gasteiger charge is -2.14. The first-order chi connectivity index (χ1) is 10.4. The fraction of sp³-hybridized carbons (Fsp3) is 0.333. The van der Waals surface area contributed by atoms with Crippen molar-refractivity contribution >= 4 is 27.3 Å². The lowest BCUT2D eigenvalue weighted by molar-refractivity contribution is 0.606. The Morgan fingerprint density at radius 1 is 0.955 bits per heavy atom. The third kappa shape index (κ3) is 4.17. The molecule has 0 spiro atoms. The zero-order chi connectivity index (χ0) is 16.2. The summed E-state index contributed by atoms with van der Waals surface area (Å²) in [5.41, 5.74) is 3.46. The minimum absolute atomic E-state index is 0.201. The first-order valence-corrected chi connectivity index (χ1v) is 9.01. The summed E-state index contributed by atoms with van der Waals surface area (Å²) < 4.78 is 24.6. The third-order valence-electron chi connectivity index (χ3n) is 3.21. The van der Waals surface area contributed by atoms with Gasteiger partial charge in [-0.25, -0.2) is 8.42 Å². The Hall–Kier alpha value is -2.15. The summed E-state index contributed by atoms with van der Waals surface area (Å²) in [4.78, 5) is 0. The number of hydrogen-bond donors (Lipinski definition) is 2. The normalized spacial score (nSPS) is 11.2. The van der Waals surface area contributed by atoms with Crippen LogP contribution in [0, 0.1) is 0 Å². The van der Waals surface area contributed by atoms with Crippen molar-refractivity contribution in [2.45, 2.75) is 26.7 Å². The number of sulfonamides is 1. The molecule has 1 aromatic heterocycles. The number of nitrogens with zero attached hydrogens (tertiary/aromatic N) is 2. The topological polar surface area (TPSA) is 84.0 Å². The molecule has 1 aromatic carbocycles. The molecular weight excluding hydrogens is 300 g/mol. The molecule has 0 aliphatic heterocycles. The average Bonchev–Trinajstić information content (AvgIpc) is 2.48. The van der Waals surface area contributed by atoms with Crippen LogP contribution in [0.3, 0.4) is 0 Å². The summed E-state index contributed by atoms with van der Waals surface area (Å²) in [6.07, 6.45) is 2.90. The highest BCUT2D eigenvalue weighted by atomic mass is 32.2. The monoisotopic (exact) mass is 320 g/mol. The summed E-state index contributed by atoms with van der Waals surface area (Å²) in [6.45, 7) is 4.20. The van der Waals surface area contributed by atoms with Crippen LogP contribution in [0.4, 0.5) is 17.3 Å². The van der Waals surface area contributed by atoms with E-state index < -0.39 is 10.0 Å². The fourth-order valence-corrected chi connectivity index (χ4v) is 2.66. The lowest BCUT2D eigenvalue weighted by Crippen LogP contribution is -2.11. The van der Waals surface area contributed by atoms with Crippen LogP contribution in [0.1, 0.15) is 25.0 Å². The van der Waals surface area contributed by atoms with Crippen LogP contribution in [0.2, 0.25) is 0 Å². The molecule has 0 saturated heterocycles. The Balaban J connectivity index is 2.25. The summed E-state index contributed by atoms with van der Waals surface area (Å²) in [5, 5.41) is 11.2. The van der Waals surface area contributed by atoms with Gasteiger partial charge in [0.2, 0.25) is 10.0 Å². The molecule has 2 rings (SSSR count). The Morgan fingerprint density at radius 3 is 1.95 bits per heavy atom. The summed E-state index contributed by atoms with van der Waals surface area (Å²) >= 11 is 0. The third-order valence-corrected chi connectivity index (χ3v) is 3.79. The van der Waals surface area contributed by atoms with E-state index in [0.29, 0.717) is 5.82 Å². The van der Waals surface area contributed by atoms with E-state index >= 15 is 0 Å². The number of nitrogens with one attached hydrogen (secondary N) is 2. The molecule has 2 N–H and O–H groups in total. The van der Waals surface area contributed by atoms with Gasteiger partial charge in [-0.3, -0.25) is 4.72 Å². The van der Waals surface area contributed by atoms with Gasteiger partial charge in [-0.1, -0.05) is 32.0 Å². The van der Waals surface area contributed by atoms with E-state index in [2.05, 4.69) is 46.2 Å². The SMILES string of the molecule is CCc1cccc(CC)c1Nc1ccc(NS(C)(=O)=O)nn1. The minimum atomic E-state index is -3.34. The molecule has 0 unspecified atom stereocenters. The molecule has 0 amide bonds. The van der Waals surface area contributed by atoms with E-state index in [4.69, 9.17) is 0 Å². The quantitative estimate of drug-likeness (QED) is 0.855. The summed E-state index contributed by atoms with van der Waals surface area (Å²) in [6, 6.07) is 9.49. The second-order valence-electron chi connectivity index (χ2n) is 4.96. The lowest BCUT2D eigenvalue weighted by atomic mass is 10.0. The van der Waals surface area contributed by atoms with Gasteiger partial charge in [0.05, 0.1) is 6.26 Å². The van der Waals surface area contributed by atoms with Crippen LogP contribution in [0.25, 0.3) is 0 Å². The zero-order valence-corrected chi connectivity index (χ0v) is 13.7. The van der Waals surface area contributed by atoms with Crippen LogP contribution < -0.4 is 10.0 Å². The molecule has 1 heterocycles. The van der Waals surface area contributed by atoms with Gasteiger partial charge in [0, 0.05) is 5.69 Å². The molecule has 118 valence electrons. The van der Waals surface area contributed by atoms with Crippen LogP contribution in [-0.2, 0) is 22.9 Å². The highest BCUT2D eigenvalue weighted by Gasteiger charge is 2.08. The second-order valence-corrected chi connectivity index (χ2v) is 6.71. The molecule has 7 heteroatoms. The van der Waals surface area contributed by atoms with E-state index in [1.165, 1.54) is 11.1 Å². The van der Waals surface area contributed by atoms with Crippen molar-refractivity contribution in [3.05, 3.63) is 41.5 Å². The summed E-state index contributed by atoms with van der Waals surface area (Å²) in [5.74, 6) is 0.780. The van der Waals surface area contributed by atoms with E-state index in [0.717, 1.165) is 24.8 Å². The van der Waals surface area contributed by atoms with Gasteiger partial charge in [0.15, 0.2) is 11.6 Å². The van der Waals surface area contributed by atoms with Crippen molar-refractivity contribution < 1.29 is 8.42 Å². The van der Waals surface area contributed by atoms with Crippen LogP contribution >= 0.6 is 0 Å². The van der Waals surface area contributed by atoms with E-state index in [-0.39, 0.29) is 5.82 Å². The molecule has 0 radical (unpaired) electrons. The average molecular weight is 320 g/mol. The maximum atomic E-state index is 11.1.